The van der Waals surface area contributed by atoms with E-state index in [2.05, 4.69) is 5.32 Å². The fraction of sp³-hybridized carbons (Fsp3) is 0.375. The molecule has 32 heavy (non-hydrogen) atoms. The van der Waals surface area contributed by atoms with Crippen LogP contribution >= 0.6 is 11.8 Å². The van der Waals surface area contributed by atoms with Crippen LogP contribution < -0.4 is 16.0 Å². The van der Waals surface area contributed by atoms with Gasteiger partial charge in [0.15, 0.2) is 5.17 Å². The van der Waals surface area contributed by atoms with Gasteiger partial charge in [-0.25, -0.2) is 4.39 Å². The van der Waals surface area contributed by atoms with Crippen molar-refractivity contribution < 1.29 is 14.0 Å². The molecule has 0 spiro atoms. The van der Waals surface area contributed by atoms with Gasteiger partial charge < -0.3 is 11.1 Å². The van der Waals surface area contributed by atoms with Gasteiger partial charge in [0.05, 0.1) is 5.75 Å². The zero-order chi connectivity index (χ0) is 23.1. The molecule has 6 nitrogen and oxygen atoms in total. The largest absolute Gasteiger partial charge is 0.379 e. The molecule has 0 aromatic heterocycles. The number of hydrogen-bond acceptors (Lipinski definition) is 4. The molecular weight excluding hydrogens is 427 g/mol. The van der Waals surface area contributed by atoms with Crippen molar-refractivity contribution in [2.24, 2.45) is 5.73 Å². The number of hydrogen-bond donors (Lipinski definition) is 3. The highest BCUT2D eigenvalue weighted by Crippen LogP contribution is 2.31. The van der Waals surface area contributed by atoms with Crippen LogP contribution in [0.2, 0.25) is 0 Å². The van der Waals surface area contributed by atoms with Crippen LogP contribution in [-0.2, 0) is 9.59 Å². The maximum Gasteiger partial charge on any atom is 0.248 e. The molecule has 0 saturated heterocycles. The lowest BCUT2D eigenvalue weighted by Crippen LogP contribution is -2.48. The lowest BCUT2D eigenvalue weighted by molar-refractivity contribution is -0.126. The first-order valence-electron chi connectivity index (χ1n) is 10.8. The van der Waals surface area contributed by atoms with Gasteiger partial charge in [-0.05, 0) is 49.1 Å². The Kier molecular flexibility index (Phi) is 8.27. The van der Waals surface area contributed by atoms with Crippen molar-refractivity contribution in [3.05, 3.63) is 65.5 Å². The molecular formula is C24H29FN4O2S. The Morgan fingerprint density at radius 3 is 2.56 bits per heavy atom. The number of aryl methyl sites for hydroxylation is 1. The first-order chi connectivity index (χ1) is 15.4. The number of amidine groups is 1. The molecule has 0 heterocycles. The highest BCUT2D eigenvalue weighted by Gasteiger charge is 2.35. The van der Waals surface area contributed by atoms with Gasteiger partial charge in [0.2, 0.25) is 11.8 Å². The molecule has 2 aromatic rings. The van der Waals surface area contributed by atoms with E-state index in [1.807, 2.05) is 31.2 Å². The first kappa shape index (κ1) is 23.8. The van der Waals surface area contributed by atoms with E-state index in [0.29, 0.717) is 5.56 Å². The van der Waals surface area contributed by atoms with Crippen LogP contribution in [0.1, 0.15) is 49.3 Å². The molecule has 1 atom stereocenters. The summed E-state index contributed by atoms with van der Waals surface area (Å²) in [5.74, 6) is -1.36. The van der Waals surface area contributed by atoms with Crippen molar-refractivity contribution in [3.63, 3.8) is 0 Å². The van der Waals surface area contributed by atoms with Crippen LogP contribution in [0.15, 0.2) is 48.5 Å². The molecule has 2 aromatic carbocycles. The van der Waals surface area contributed by atoms with Crippen molar-refractivity contribution in [3.8, 4) is 0 Å². The van der Waals surface area contributed by atoms with E-state index in [4.69, 9.17) is 11.1 Å². The standard InChI is InChI=1S/C24H29FN4O2S/c1-16-8-5-6-13-20(16)22(23(31)28-18-10-3-2-4-11-18)29(21(30)15-32-24(26)27)19-12-7-9-17(25)14-19/h5-9,12-14,18,22H,2-4,10-11,15H2,1H3,(H3,26,27)(H,28,31). The van der Waals surface area contributed by atoms with Crippen molar-refractivity contribution in [1.29, 1.82) is 5.41 Å². The minimum Gasteiger partial charge on any atom is -0.379 e. The number of anilines is 1. The molecule has 0 bridgehead atoms. The third-order valence-corrected chi connectivity index (χ3v) is 6.35. The van der Waals surface area contributed by atoms with Crippen LogP contribution in [-0.4, -0.2) is 28.8 Å². The van der Waals surface area contributed by atoms with Crippen molar-refractivity contribution in [1.82, 2.24) is 5.32 Å². The predicted octanol–water partition coefficient (Wildman–Crippen LogP) is 4.28. The van der Waals surface area contributed by atoms with Gasteiger partial charge in [0.1, 0.15) is 11.9 Å². The number of carbonyl (C=O) groups excluding carboxylic acids is 2. The average Bonchev–Trinajstić information content (AvgIpc) is 2.77. The monoisotopic (exact) mass is 456 g/mol. The van der Waals surface area contributed by atoms with E-state index < -0.39 is 17.8 Å². The number of thioether (sulfide) groups is 1. The molecule has 8 heteroatoms. The molecule has 1 unspecified atom stereocenters. The molecule has 170 valence electrons. The van der Waals surface area contributed by atoms with Gasteiger partial charge >= 0.3 is 0 Å². The van der Waals surface area contributed by atoms with E-state index in [9.17, 15) is 14.0 Å². The molecule has 1 aliphatic rings. The number of amides is 2. The number of halogens is 1. The Labute approximate surface area is 192 Å². The van der Waals surface area contributed by atoms with E-state index in [-0.39, 0.29) is 28.6 Å². The molecule has 1 aliphatic carbocycles. The Morgan fingerprint density at radius 1 is 1.19 bits per heavy atom. The van der Waals surface area contributed by atoms with Crippen molar-refractivity contribution >= 4 is 34.4 Å². The molecule has 1 fully saturated rings. The Balaban J connectivity index is 2.05. The van der Waals surface area contributed by atoms with Crippen LogP contribution in [0.4, 0.5) is 10.1 Å². The van der Waals surface area contributed by atoms with Crippen LogP contribution in [0.25, 0.3) is 0 Å². The van der Waals surface area contributed by atoms with Gasteiger partial charge in [-0.3, -0.25) is 19.9 Å². The van der Waals surface area contributed by atoms with Gasteiger partial charge in [-0.15, -0.1) is 0 Å². The van der Waals surface area contributed by atoms with Crippen LogP contribution in [0.3, 0.4) is 0 Å². The molecule has 2 amide bonds. The summed E-state index contributed by atoms with van der Waals surface area (Å²) >= 11 is 0.875. The van der Waals surface area contributed by atoms with Crippen molar-refractivity contribution in [2.45, 2.75) is 51.1 Å². The van der Waals surface area contributed by atoms with E-state index in [0.717, 1.165) is 49.4 Å². The number of nitrogens with two attached hydrogens (primary N) is 1. The number of nitrogens with zero attached hydrogens (tertiary/aromatic N) is 1. The minimum absolute atomic E-state index is 0.0545. The lowest BCUT2D eigenvalue weighted by Gasteiger charge is -2.34. The second kappa shape index (κ2) is 11.1. The highest BCUT2D eigenvalue weighted by atomic mass is 32.2. The molecule has 0 aliphatic heterocycles. The molecule has 1 saturated carbocycles. The smallest absolute Gasteiger partial charge is 0.248 e. The third kappa shape index (κ3) is 6.09. The lowest BCUT2D eigenvalue weighted by atomic mass is 9.94. The maximum atomic E-state index is 14.1. The quantitative estimate of drug-likeness (QED) is 0.428. The Hall–Kier alpha value is -2.87. The molecule has 4 N–H and O–H groups in total. The fourth-order valence-electron chi connectivity index (χ4n) is 4.09. The average molecular weight is 457 g/mol. The molecule has 0 radical (unpaired) electrons. The summed E-state index contributed by atoms with van der Waals surface area (Å²) in [4.78, 5) is 28.3. The summed E-state index contributed by atoms with van der Waals surface area (Å²) in [7, 11) is 0. The number of nitrogens with one attached hydrogen (secondary N) is 2. The van der Waals surface area contributed by atoms with Gasteiger partial charge in [-0.1, -0.05) is 61.4 Å². The summed E-state index contributed by atoms with van der Waals surface area (Å²) in [6.45, 7) is 1.88. The highest BCUT2D eigenvalue weighted by molar-refractivity contribution is 8.14. The summed E-state index contributed by atoms with van der Waals surface area (Å²) in [5, 5.41) is 10.4. The summed E-state index contributed by atoms with van der Waals surface area (Å²) in [6, 6.07) is 12.1. The SMILES string of the molecule is Cc1ccccc1C(C(=O)NC1CCCCC1)N(C(=O)CSC(=N)N)c1cccc(F)c1. The third-order valence-electron chi connectivity index (χ3n) is 5.65. The minimum atomic E-state index is -0.972. The number of rotatable bonds is 7. The predicted molar refractivity (Wildman–Crippen MR) is 127 cm³/mol. The number of carbonyl (C=O) groups is 2. The summed E-state index contributed by atoms with van der Waals surface area (Å²) < 4.78 is 14.1. The zero-order valence-electron chi connectivity index (χ0n) is 18.1. The normalized spacial score (nSPS) is 15.1. The Bertz CT molecular complexity index is 978. The van der Waals surface area contributed by atoms with Gasteiger partial charge in [0.25, 0.3) is 0 Å². The second-order valence-corrected chi connectivity index (χ2v) is 9.02. The first-order valence-corrected chi connectivity index (χ1v) is 11.8. The topological polar surface area (TPSA) is 99.3 Å². The maximum absolute atomic E-state index is 14.1. The van der Waals surface area contributed by atoms with Crippen LogP contribution in [0, 0.1) is 18.2 Å². The zero-order valence-corrected chi connectivity index (χ0v) is 19.0. The van der Waals surface area contributed by atoms with E-state index in [1.54, 1.807) is 6.07 Å². The Morgan fingerprint density at radius 2 is 1.91 bits per heavy atom. The molecule has 3 rings (SSSR count). The van der Waals surface area contributed by atoms with Crippen molar-refractivity contribution in [2.75, 3.05) is 10.7 Å². The summed E-state index contributed by atoms with van der Waals surface area (Å²) in [6.07, 6.45) is 5.08. The fourth-order valence-corrected chi connectivity index (χ4v) is 4.51. The van der Waals surface area contributed by atoms with Crippen LogP contribution in [0.5, 0.6) is 0 Å². The summed E-state index contributed by atoms with van der Waals surface area (Å²) in [5.41, 5.74) is 7.24. The number of benzene rings is 2. The van der Waals surface area contributed by atoms with Gasteiger partial charge in [0, 0.05) is 11.7 Å². The second-order valence-electron chi connectivity index (χ2n) is 8.00. The van der Waals surface area contributed by atoms with E-state index >= 15 is 0 Å². The van der Waals surface area contributed by atoms with Gasteiger partial charge in [-0.2, -0.15) is 0 Å². The van der Waals surface area contributed by atoms with E-state index in [1.165, 1.54) is 23.1 Å².